The molecule has 7 nitrogen and oxygen atoms in total. The summed E-state index contributed by atoms with van der Waals surface area (Å²) in [4.78, 5) is 27.8. The maximum atomic E-state index is 12.4. The predicted molar refractivity (Wildman–Crippen MR) is 96.7 cm³/mol. The van der Waals surface area contributed by atoms with Gasteiger partial charge in [-0.3, -0.25) is 0 Å². The molecule has 0 saturated heterocycles. The van der Waals surface area contributed by atoms with Gasteiger partial charge in [-0.05, 0) is 37.1 Å². The van der Waals surface area contributed by atoms with Crippen molar-refractivity contribution in [2.45, 2.75) is 19.9 Å². The van der Waals surface area contributed by atoms with Gasteiger partial charge in [-0.25, -0.2) is 9.59 Å². The van der Waals surface area contributed by atoms with Gasteiger partial charge < -0.3 is 20.8 Å². The van der Waals surface area contributed by atoms with Gasteiger partial charge in [0.2, 0.25) is 0 Å². The van der Waals surface area contributed by atoms with E-state index in [1.165, 1.54) is 0 Å². The zero-order chi connectivity index (χ0) is 18.0. The number of aryl methyl sites for hydroxylation is 1. The van der Waals surface area contributed by atoms with Crippen LogP contribution in [0.3, 0.4) is 0 Å². The average Bonchev–Trinajstić information content (AvgIpc) is 2.57. The number of hydrogen-bond donors (Lipinski definition) is 3. The Hall–Kier alpha value is -3.35. The third-order valence-corrected chi connectivity index (χ3v) is 3.96. The molecule has 0 spiro atoms. The second-order valence-corrected chi connectivity index (χ2v) is 5.70. The van der Waals surface area contributed by atoms with Gasteiger partial charge in [0.05, 0.1) is 16.9 Å². The Labute approximate surface area is 143 Å². The van der Waals surface area contributed by atoms with E-state index in [0.29, 0.717) is 22.2 Å². The molecule has 0 aliphatic carbocycles. The van der Waals surface area contributed by atoms with Gasteiger partial charge in [-0.15, -0.1) is 0 Å². The monoisotopic (exact) mass is 338 g/mol. The molecule has 3 rings (SSSR count). The number of anilines is 2. The number of nitrogens with zero attached hydrogens (tertiary/aromatic N) is 1. The summed E-state index contributed by atoms with van der Waals surface area (Å²) in [5, 5.41) is 5.87. The third kappa shape index (κ3) is 3.45. The highest BCUT2D eigenvalue weighted by atomic mass is 16.4. The molecule has 3 aromatic rings. The van der Waals surface area contributed by atoms with Crippen LogP contribution in [0.25, 0.3) is 10.9 Å². The maximum Gasteiger partial charge on any atom is 0.348 e. The summed E-state index contributed by atoms with van der Waals surface area (Å²) in [5.41, 5.74) is 7.13. The topological polar surface area (TPSA) is 110 Å². The van der Waals surface area contributed by atoms with E-state index in [4.69, 9.17) is 10.2 Å². The number of carbonyl (C=O) groups excluding carboxylic acids is 1. The summed E-state index contributed by atoms with van der Waals surface area (Å²) in [5.74, 6) is 0. The lowest BCUT2D eigenvalue weighted by molar-refractivity contribution is 0.259. The van der Waals surface area contributed by atoms with Crippen molar-refractivity contribution in [1.82, 2.24) is 4.98 Å². The van der Waals surface area contributed by atoms with Crippen LogP contribution in [0.15, 0.2) is 51.7 Å². The van der Waals surface area contributed by atoms with Gasteiger partial charge >= 0.3 is 11.7 Å². The molecular formula is C18H18N4O3. The molecule has 0 aliphatic heterocycles. The van der Waals surface area contributed by atoms with Crippen molar-refractivity contribution in [2.24, 2.45) is 5.73 Å². The Bertz CT molecular complexity index is 983. The smallest absolute Gasteiger partial charge is 0.348 e. The zero-order valence-electron chi connectivity index (χ0n) is 13.9. The lowest BCUT2D eigenvalue weighted by Gasteiger charge is -2.14. The molecule has 0 unspecified atom stereocenters. The highest BCUT2D eigenvalue weighted by molar-refractivity contribution is 5.94. The number of nitrogens with one attached hydrogen (secondary N) is 2. The molecule has 1 heterocycles. The molecule has 0 aliphatic rings. The Morgan fingerprint density at radius 2 is 1.92 bits per heavy atom. The summed E-state index contributed by atoms with van der Waals surface area (Å²) < 4.78 is 5.30. The van der Waals surface area contributed by atoms with E-state index in [-0.39, 0.29) is 12.1 Å². The number of hydrogen-bond acceptors (Lipinski definition) is 5. The summed E-state index contributed by atoms with van der Waals surface area (Å²) in [6.07, 6.45) is 0. The molecule has 0 saturated carbocycles. The fourth-order valence-corrected chi connectivity index (χ4v) is 2.66. The third-order valence-electron chi connectivity index (χ3n) is 3.96. The minimum absolute atomic E-state index is 0.0776. The van der Waals surface area contributed by atoms with E-state index in [1.54, 1.807) is 19.1 Å². The van der Waals surface area contributed by atoms with Crippen molar-refractivity contribution in [1.29, 1.82) is 0 Å². The number of benzene rings is 2. The van der Waals surface area contributed by atoms with Crippen LogP contribution in [0.1, 0.15) is 24.1 Å². The molecule has 1 aromatic heterocycles. The molecular weight excluding hydrogens is 320 g/mol. The lowest BCUT2D eigenvalue weighted by Crippen LogP contribution is -2.20. The highest BCUT2D eigenvalue weighted by Crippen LogP contribution is 2.24. The molecule has 25 heavy (non-hydrogen) atoms. The first kappa shape index (κ1) is 16.5. The molecule has 0 fully saturated rings. The molecule has 0 radical (unpaired) electrons. The van der Waals surface area contributed by atoms with Crippen LogP contribution in [0.4, 0.5) is 16.5 Å². The van der Waals surface area contributed by atoms with E-state index < -0.39 is 11.7 Å². The Kier molecular flexibility index (Phi) is 4.38. The minimum Gasteiger partial charge on any atom is -0.389 e. The molecule has 0 bridgehead atoms. The standard InChI is InChI=1S/C18H18N4O3/c1-10-13(21-17(19)24)8-9-14-15(10)16(23)25-18(22-14)20-11(2)12-6-4-3-5-7-12/h3-9,11H,1-2H3,(H,20,22)(H3,19,21,24)/t11-/m0/s1. The number of aromatic nitrogens is 1. The second kappa shape index (κ2) is 6.64. The maximum absolute atomic E-state index is 12.4. The van der Waals surface area contributed by atoms with E-state index >= 15 is 0 Å². The molecule has 7 heteroatoms. The van der Waals surface area contributed by atoms with Gasteiger partial charge in [-0.2, -0.15) is 4.98 Å². The summed E-state index contributed by atoms with van der Waals surface area (Å²) in [6.45, 7) is 3.65. The number of urea groups is 1. The quantitative estimate of drug-likeness (QED) is 0.677. The lowest BCUT2D eigenvalue weighted by atomic mass is 10.1. The largest absolute Gasteiger partial charge is 0.389 e. The Morgan fingerprint density at radius 1 is 1.20 bits per heavy atom. The van der Waals surface area contributed by atoms with Crippen molar-refractivity contribution in [2.75, 3.05) is 10.6 Å². The van der Waals surface area contributed by atoms with Crippen LogP contribution in [0.5, 0.6) is 0 Å². The van der Waals surface area contributed by atoms with Crippen molar-refractivity contribution in [3.63, 3.8) is 0 Å². The minimum atomic E-state index is -0.699. The van der Waals surface area contributed by atoms with E-state index in [9.17, 15) is 9.59 Å². The number of amides is 2. The number of carbonyl (C=O) groups is 1. The van der Waals surface area contributed by atoms with Gasteiger partial charge in [0, 0.05) is 5.69 Å². The van der Waals surface area contributed by atoms with Gasteiger partial charge in [0.1, 0.15) is 0 Å². The number of primary amides is 1. The van der Waals surface area contributed by atoms with E-state index in [2.05, 4.69) is 15.6 Å². The van der Waals surface area contributed by atoms with Crippen molar-refractivity contribution < 1.29 is 9.21 Å². The highest BCUT2D eigenvalue weighted by Gasteiger charge is 2.14. The molecule has 4 N–H and O–H groups in total. The van der Waals surface area contributed by atoms with Gasteiger partial charge in [0.25, 0.3) is 6.01 Å². The number of fused-ring (bicyclic) bond motifs is 1. The van der Waals surface area contributed by atoms with Crippen LogP contribution < -0.4 is 22.0 Å². The molecule has 2 amide bonds. The number of rotatable bonds is 4. The van der Waals surface area contributed by atoms with Crippen LogP contribution in [0.2, 0.25) is 0 Å². The predicted octanol–water partition coefficient (Wildman–Crippen LogP) is 3.16. The Balaban J connectivity index is 1.97. The summed E-state index contributed by atoms with van der Waals surface area (Å²) in [6, 6.07) is 12.4. The van der Waals surface area contributed by atoms with Gasteiger partial charge in [0.15, 0.2) is 0 Å². The molecule has 2 aromatic carbocycles. The fraction of sp³-hybridized carbons (Fsp3) is 0.167. The van der Waals surface area contributed by atoms with E-state index in [0.717, 1.165) is 5.56 Å². The van der Waals surface area contributed by atoms with Crippen molar-refractivity contribution >= 4 is 28.6 Å². The summed E-state index contributed by atoms with van der Waals surface area (Å²) >= 11 is 0. The van der Waals surface area contributed by atoms with Crippen LogP contribution >= 0.6 is 0 Å². The van der Waals surface area contributed by atoms with Crippen molar-refractivity contribution in [3.8, 4) is 0 Å². The first-order valence-corrected chi connectivity index (χ1v) is 7.78. The van der Waals surface area contributed by atoms with Crippen LogP contribution in [-0.2, 0) is 0 Å². The Morgan fingerprint density at radius 3 is 2.60 bits per heavy atom. The summed E-state index contributed by atoms with van der Waals surface area (Å²) in [7, 11) is 0. The first-order chi connectivity index (χ1) is 12.0. The fourth-order valence-electron chi connectivity index (χ4n) is 2.66. The van der Waals surface area contributed by atoms with Crippen molar-refractivity contribution in [3.05, 3.63) is 64.0 Å². The molecule has 1 atom stereocenters. The normalized spacial score (nSPS) is 11.9. The van der Waals surface area contributed by atoms with Gasteiger partial charge in [-0.1, -0.05) is 30.3 Å². The van der Waals surface area contributed by atoms with Crippen LogP contribution in [0, 0.1) is 6.92 Å². The average molecular weight is 338 g/mol. The van der Waals surface area contributed by atoms with Crippen LogP contribution in [-0.4, -0.2) is 11.0 Å². The first-order valence-electron chi connectivity index (χ1n) is 7.78. The SMILES string of the molecule is Cc1c(NC(N)=O)ccc2nc(N[C@@H](C)c3ccccc3)oc(=O)c12. The zero-order valence-corrected chi connectivity index (χ0v) is 13.9. The number of nitrogens with two attached hydrogens (primary N) is 1. The molecule has 128 valence electrons. The second-order valence-electron chi connectivity index (χ2n) is 5.70. The van der Waals surface area contributed by atoms with E-state index in [1.807, 2.05) is 37.3 Å².